The fourth-order valence-electron chi connectivity index (χ4n) is 7.07. The minimum Gasteiger partial charge on any atom is -0.355 e. The van der Waals surface area contributed by atoms with Crippen LogP contribution in [0.1, 0.15) is 5.56 Å². The van der Waals surface area contributed by atoms with Crippen molar-refractivity contribution in [3.05, 3.63) is 176 Å². The Bertz CT molecular complexity index is 2530. The van der Waals surface area contributed by atoms with Crippen LogP contribution in [0.25, 0.3) is 72.2 Å². The number of fused-ring (bicyclic) bond motifs is 6. The maximum Gasteiger partial charge on any atom is 0.0562 e. The largest absolute Gasteiger partial charge is 0.355 e. The van der Waals surface area contributed by atoms with E-state index in [1.807, 2.05) is 24.3 Å². The van der Waals surface area contributed by atoms with Crippen LogP contribution in [0.3, 0.4) is 0 Å². The molecule has 0 spiro atoms. The standard InChI is InChI=1S/C44H31N3/c1-2-30-28-39-38-16-8-11-19-43(38)47(44(39)29-40(30)45-33-12-4-3-5-13-33)35-26-22-32(23-27-35)31-20-24-34(25-21-31)46-41-17-9-6-14-36(41)37-15-7-10-18-42(37)46/h2-29,45H,1H2. The fraction of sp³-hybridized carbons (Fsp3) is 0. The van der Waals surface area contributed by atoms with E-state index in [-0.39, 0.29) is 0 Å². The zero-order chi connectivity index (χ0) is 31.3. The third-order valence-corrected chi connectivity index (χ3v) is 9.28. The number of benzene rings is 7. The molecule has 0 saturated heterocycles. The molecule has 2 heterocycles. The summed E-state index contributed by atoms with van der Waals surface area (Å²) in [7, 11) is 0. The Balaban J connectivity index is 1.11. The van der Waals surface area contributed by atoms with Gasteiger partial charge in [0.1, 0.15) is 0 Å². The molecule has 0 saturated carbocycles. The number of rotatable bonds is 6. The van der Waals surface area contributed by atoms with Gasteiger partial charge in [-0.15, -0.1) is 0 Å². The van der Waals surface area contributed by atoms with Crippen molar-refractivity contribution in [2.24, 2.45) is 0 Å². The molecule has 3 heteroatoms. The van der Waals surface area contributed by atoms with Crippen LogP contribution in [-0.4, -0.2) is 9.13 Å². The van der Waals surface area contributed by atoms with Gasteiger partial charge < -0.3 is 14.5 Å². The second-order valence-electron chi connectivity index (χ2n) is 12.0. The first-order valence-electron chi connectivity index (χ1n) is 16.0. The van der Waals surface area contributed by atoms with Gasteiger partial charge in [0.05, 0.1) is 22.1 Å². The summed E-state index contributed by atoms with van der Waals surface area (Å²) in [6.07, 6.45) is 1.93. The van der Waals surface area contributed by atoms with Crippen molar-refractivity contribution in [3.8, 4) is 22.5 Å². The highest BCUT2D eigenvalue weighted by molar-refractivity contribution is 6.11. The van der Waals surface area contributed by atoms with Gasteiger partial charge >= 0.3 is 0 Å². The molecule has 0 unspecified atom stereocenters. The van der Waals surface area contributed by atoms with Crippen LogP contribution in [0.5, 0.6) is 0 Å². The Kier molecular flexibility index (Phi) is 6.29. The molecular formula is C44H31N3. The predicted molar refractivity (Wildman–Crippen MR) is 200 cm³/mol. The van der Waals surface area contributed by atoms with Crippen LogP contribution in [0.2, 0.25) is 0 Å². The molecule has 0 aliphatic carbocycles. The summed E-state index contributed by atoms with van der Waals surface area (Å²) < 4.78 is 4.72. The number of aromatic nitrogens is 2. The molecule has 9 rings (SSSR count). The summed E-state index contributed by atoms with van der Waals surface area (Å²) in [6.45, 7) is 4.12. The minimum absolute atomic E-state index is 1.03. The van der Waals surface area contributed by atoms with Gasteiger partial charge in [-0.1, -0.05) is 110 Å². The summed E-state index contributed by atoms with van der Waals surface area (Å²) in [4.78, 5) is 0. The molecule has 7 aromatic carbocycles. The van der Waals surface area contributed by atoms with E-state index in [4.69, 9.17) is 0 Å². The second kappa shape index (κ2) is 10.9. The molecule has 3 nitrogen and oxygen atoms in total. The van der Waals surface area contributed by atoms with E-state index < -0.39 is 0 Å². The number of nitrogens with zero attached hydrogens (tertiary/aromatic N) is 2. The fourth-order valence-corrected chi connectivity index (χ4v) is 7.07. The van der Waals surface area contributed by atoms with Gasteiger partial charge in [-0.3, -0.25) is 0 Å². The zero-order valence-corrected chi connectivity index (χ0v) is 25.8. The van der Waals surface area contributed by atoms with Crippen molar-refractivity contribution in [1.29, 1.82) is 0 Å². The van der Waals surface area contributed by atoms with Crippen molar-refractivity contribution in [1.82, 2.24) is 9.13 Å². The summed E-state index contributed by atoms with van der Waals surface area (Å²) in [5, 5.41) is 8.60. The molecule has 9 aromatic rings. The average molecular weight is 602 g/mol. The third-order valence-electron chi connectivity index (χ3n) is 9.28. The highest BCUT2D eigenvalue weighted by Crippen LogP contribution is 2.37. The molecule has 0 aliphatic heterocycles. The van der Waals surface area contributed by atoms with E-state index in [1.165, 1.54) is 49.2 Å². The molecule has 0 radical (unpaired) electrons. The van der Waals surface area contributed by atoms with E-state index in [0.717, 1.165) is 33.8 Å². The molecular weight excluding hydrogens is 571 g/mol. The van der Waals surface area contributed by atoms with Crippen LogP contribution in [0.4, 0.5) is 11.4 Å². The van der Waals surface area contributed by atoms with E-state index in [9.17, 15) is 0 Å². The Morgan fingerprint density at radius 3 is 1.38 bits per heavy atom. The minimum atomic E-state index is 1.03. The zero-order valence-electron chi connectivity index (χ0n) is 25.8. The van der Waals surface area contributed by atoms with E-state index in [0.29, 0.717) is 0 Å². The maximum atomic E-state index is 4.12. The van der Waals surface area contributed by atoms with Crippen molar-refractivity contribution >= 4 is 61.1 Å². The molecule has 0 atom stereocenters. The van der Waals surface area contributed by atoms with Gasteiger partial charge in [-0.05, 0) is 83.4 Å². The van der Waals surface area contributed by atoms with Gasteiger partial charge in [0, 0.05) is 44.3 Å². The van der Waals surface area contributed by atoms with Crippen LogP contribution >= 0.6 is 0 Å². The highest BCUT2D eigenvalue weighted by atomic mass is 15.0. The number of hydrogen-bond donors (Lipinski definition) is 1. The van der Waals surface area contributed by atoms with Gasteiger partial charge in [-0.2, -0.15) is 0 Å². The normalized spacial score (nSPS) is 11.5. The number of nitrogens with one attached hydrogen (secondary N) is 1. The van der Waals surface area contributed by atoms with E-state index >= 15 is 0 Å². The lowest BCUT2D eigenvalue weighted by Gasteiger charge is -2.13. The molecule has 0 bridgehead atoms. The van der Waals surface area contributed by atoms with Gasteiger partial charge in [0.15, 0.2) is 0 Å². The predicted octanol–water partition coefficient (Wildman–Crippen LogP) is 11.9. The molecule has 0 fully saturated rings. The smallest absolute Gasteiger partial charge is 0.0562 e. The maximum absolute atomic E-state index is 4.12. The third kappa shape index (κ3) is 4.44. The van der Waals surface area contributed by atoms with Crippen molar-refractivity contribution < 1.29 is 0 Å². The molecule has 0 amide bonds. The summed E-state index contributed by atoms with van der Waals surface area (Å²) in [5.41, 5.74) is 12.6. The van der Waals surface area contributed by atoms with Gasteiger partial charge in [-0.25, -0.2) is 0 Å². The SMILES string of the molecule is C=Cc1cc2c3ccccc3n(-c3ccc(-c4ccc(-n5c6ccccc6c6ccccc65)cc4)cc3)c2cc1Nc1ccccc1. The molecule has 47 heavy (non-hydrogen) atoms. The van der Waals surface area contributed by atoms with Crippen LogP contribution < -0.4 is 5.32 Å². The van der Waals surface area contributed by atoms with Crippen LogP contribution in [0.15, 0.2) is 170 Å². The lowest BCUT2D eigenvalue weighted by molar-refractivity contribution is 1.18. The first kappa shape index (κ1) is 27.0. The first-order valence-corrected chi connectivity index (χ1v) is 16.0. The van der Waals surface area contributed by atoms with E-state index in [2.05, 4.69) is 167 Å². The quantitative estimate of drug-likeness (QED) is 0.201. The Labute approximate surface area is 273 Å². The monoisotopic (exact) mass is 601 g/mol. The number of hydrogen-bond acceptors (Lipinski definition) is 1. The number of anilines is 2. The topological polar surface area (TPSA) is 21.9 Å². The van der Waals surface area contributed by atoms with Gasteiger partial charge in [0.2, 0.25) is 0 Å². The lowest BCUT2D eigenvalue weighted by Crippen LogP contribution is -1.97. The molecule has 0 aliphatic rings. The van der Waals surface area contributed by atoms with Crippen molar-refractivity contribution in [2.75, 3.05) is 5.32 Å². The highest BCUT2D eigenvalue weighted by Gasteiger charge is 2.16. The van der Waals surface area contributed by atoms with Crippen molar-refractivity contribution in [2.45, 2.75) is 0 Å². The lowest BCUT2D eigenvalue weighted by atomic mass is 10.0. The molecule has 222 valence electrons. The summed E-state index contributed by atoms with van der Waals surface area (Å²) in [6, 6.07) is 58.5. The Morgan fingerprint density at radius 2 is 0.872 bits per heavy atom. The van der Waals surface area contributed by atoms with Crippen molar-refractivity contribution in [3.63, 3.8) is 0 Å². The molecule has 1 N–H and O–H groups in total. The van der Waals surface area contributed by atoms with E-state index in [1.54, 1.807) is 0 Å². The summed E-state index contributed by atoms with van der Waals surface area (Å²) in [5.74, 6) is 0. The van der Waals surface area contributed by atoms with Gasteiger partial charge in [0.25, 0.3) is 0 Å². The summed E-state index contributed by atoms with van der Waals surface area (Å²) >= 11 is 0. The Morgan fingerprint density at radius 1 is 0.426 bits per heavy atom. The van der Waals surface area contributed by atoms with Crippen LogP contribution in [-0.2, 0) is 0 Å². The van der Waals surface area contributed by atoms with Crippen LogP contribution in [0, 0.1) is 0 Å². The molecule has 2 aromatic heterocycles. The first-order chi connectivity index (χ1) is 23.3. The second-order valence-corrected chi connectivity index (χ2v) is 12.0. The number of para-hydroxylation sites is 4. The average Bonchev–Trinajstić information content (AvgIpc) is 3.64. The Hall–Kier alpha value is -6.32.